The van der Waals surface area contributed by atoms with Gasteiger partial charge in [-0.2, -0.15) is 5.26 Å². The fourth-order valence-electron chi connectivity index (χ4n) is 2.32. The summed E-state index contributed by atoms with van der Waals surface area (Å²) in [7, 11) is 0. The Labute approximate surface area is 142 Å². The van der Waals surface area contributed by atoms with Gasteiger partial charge in [-0.05, 0) is 31.2 Å². The summed E-state index contributed by atoms with van der Waals surface area (Å²) in [6, 6.07) is 2.22. The van der Waals surface area contributed by atoms with Crippen LogP contribution in [-0.4, -0.2) is 15.9 Å². The summed E-state index contributed by atoms with van der Waals surface area (Å²) in [5.74, 6) is -0.321. The number of nitrogens with one attached hydrogen (secondary N) is 2. The van der Waals surface area contributed by atoms with Crippen LogP contribution in [0.4, 0.5) is 5.00 Å². The SMILES string of the molecule is CC(=O)N[C@@H](Nc1sc2c(c1C#N)CCCC2)C(Cl)(Cl)Cl. The fourth-order valence-corrected chi connectivity index (χ4v) is 3.92. The van der Waals surface area contributed by atoms with Crippen LogP contribution in [0.3, 0.4) is 0 Å². The lowest BCUT2D eigenvalue weighted by Crippen LogP contribution is -2.48. The maximum Gasteiger partial charge on any atom is 0.228 e. The third-order valence-electron chi connectivity index (χ3n) is 3.23. The van der Waals surface area contributed by atoms with Crippen LogP contribution in [-0.2, 0) is 17.6 Å². The number of nitrogens with zero attached hydrogens (tertiary/aromatic N) is 1. The monoisotopic (exact) mass is 365 g/mol. The molecule has 1 atom stereocenters. The number of halogens is 3. The van der Waals surface area contributed by atoms with Gasteiger partial charge in [0, 0.05) is 11.8 Å². The molecule has 8 heteroatoms. The van der Waals surface area contributed by atoms with E-state index in [0.29, 0.717) is 10.6 Å². The molecule has 0 unspecified atom stereocenters. The van der Waals surface area contributed by atoms with Crippen molar-refractivity contribution in [2.75, 3.05) is 5.32 Å². The molecule has 1 aliphatic carbocycles. The van der Waals surface area contributed by atoms with E-state index < -0.39 is 9.96 Å². The molecule has 0 saturated carbocycles. The predicted octanol–water partition coefficient (Wildman–Crippen LogP) is 3.74. The molecule has 114 valence electrons. The Kier molecular flexibility index (Phi) is 5.26. The largest absolute Gasteiger partial charge is 0.352 e. The average Bonchev–Trinajstić information content (AvgIpc) is 2.73. The second-order valence-electron chi connectivity index (χ2n) is 4.85. The highest BCUT2D eigenvalue weighted by Crippen LogP contribution is 2.39. The molecule has 1 aromatic rings. The minimum Gasteiger partial charge on any atom is -0.352 e. The summed E-state index contributed by atoms with van der Waals surface area (Å²) in [4.78, 5) is 12.5. The first-order valence-corrected chi connectivity index (χ1v) is 8.43. The van der Waals surface area contributed by atoms with E-state index in [1.54, 1.807) is 0 Å². The van der Waals surface area contributed by atoms with Crippen molar-refractivity contribution in [3.8, 4) is 6.07 Å². The highest BCUT2D eigenvalue weighted by molar-refractivity contribution is 7.16. The quantitative estimate of drug-likeness (QED) is 0.632. The molecule has 0 saturated heterocycles. The van der Waals surface area contributed by atoms with Gasteiger partial charge in [0.15, 0.2) is 0 Å². The average molecular weight is 367 g/mol. The molecule has 0 aliphatic heterocycles. The van der Waals surface area contributed by atoms with E-state index in [9.17, 15) is 10.1 Å². The third kappa shape index (κ3) is 3.95. The third-order valence-corrected chi connectivity index (χ3v) is 5.11. The molecule has 0 fully saturated rings. The highest BCUT2D eigenvalue weighted by atomic mass is 35.6. The molecule has 1 heterocycles. The summed E-state index contributed by atoms with van der Waals surface area (Å²) < 4.78 is -1.72. The van der Waals surface area contributed by atoms with Crippen molar-refractivity contribution in [2.45, 2.75) is 42.6 Å². The Bertz CT molecular complexity index is 589. The number of carbonyl (C=O) groups is 1. The summed E-state index contributed by atoms with van der Waals surface area (Å²) >= 11 is 19.2. The molecule has 2 N–H and O–H groups in total. The van der Waals surface area contributed by atoms with Gasteiger partial charge in [-0.15, -0.1) is 11.3 Å². The van der Waals surface area contributed by atoms with Crippen LogP contribution in [0, 0.1) is 11.3 Å². The Balaban J connectivity index is 2.31. The number of alkyl halides is 3. The lowest BCUT2D eigenvalue weighted by atomic mass is 9.96. The van der Waals surface area contributed by atoms with Gasteiger partial charge in [0.1, 0.15) is 17.2 Å². The van der Waals surface area contributed by atoms with Crippen molar-refractivity contribution < 1.29 is 4.79 Å². The van der Waals surface area contributed by atoms with E-state index >= 15 is 0 Å². The lowest BCUT2D eigenvalue weighted by Gasteiger charge is -2.26. The van der Waals surface area contributed by atoms with Gasteiger partial charge in [0.05, 0.1) is 5.56 Å². The smallest absolute Gasteiger partial charge is 0.228 e. The van der Waals surface area contributed by atoms with Gasteiger partial charge in [-0.25, -0.2) is 0 Å². The van der Waals surface area contributed by atoms with Gasteiger partial charge in [-0.1, -0.05) is 34.8 Å². The number of anilines is 1. The number of carbonyl (C=O) groups excluding carboxylic acids is 1. The van der Waals surface area contributed by atoms with Crippen LogP contribution in [0.2, 0.25) is 0 Å². The number of aryl methyl sites for hydroxylation is 1. The number of rotatable bonds is 3. The Morgan fingerprint density at radius 2 is 2.05 bits per heavy atom. The van der Waals surface area contributed by atoms with E-state index in [1.807, 2.05) is 0 Å². The number of amides is 1. The normalized spacial score (nSPS) is 15.8. The van der Waals surface area contributed by atoms with Crippen molar-refractivity contribution in [1.29, 1.82) is 5.26 Å². The molecule has 1 amide bonds. The molecular formula is C13H14Cl3N3OS. The highest BCUT2D eigenvalue weighted by Gasteiger charge is 2.35. The van der Waals surface area contributed by atoms with E-state index in [4.69, 9.17) is 34.8 Å². The number of hydrogen-bond acceptors (Lipinski definition) is 4. The fraction of sp³-hybridized carbons (Fsp3) is 0.538. The minimum absolute atomic E-state index is 0.321. The molecular weight excluding hydrogens is 353 g/mol. The van der Waals surface area contributed by atoms with Crippen molar-refractivity contribution in [1.82, 2.24) is 5.32 Å². The van der Waals surface area contributed by atoms with Crippen molar-refractivity contribution in [3.05, 3.63) is 16.0 Å². The van der Waals surface area contributed by atoms with Crippen LogP contribution in [0.1, 0.15) is 35.8 Å². The van der Waals surface area contributed by atoms with Crippen LogP contribution in [0.15, 0.2) is 0 Å². The van der Waals surface area contributed by atoms with Gasteiger partial charge < -0.3 is 10.6 Å². The van der Waals surface area contributed by atoms with Crippen molar-refractivity contribution in [2.24, 2.45) is 0 Å². The summed E-state index contributed by atoms with van der Waals surface area (Å²) in [5.41, 5.74) is 1.68. The number of nitriles is 1. The van der Waals surface area contributed by atoms with E-state index in [-0.39, 0.29) is 5.91 Å². The summed E-state index contributed by atoms with van der Waals surface area (Å²) in [6.45, 7) is 1.34. The molecule has 0 spiro atoms. The second-order valence-corrected chi connectivity index (χ2v) is 8.32. The Morgan fingerprint density at radius 1 is 1.38 bits per heavy atom. The summed E-state index contributed by atoms with van der Waals surface area (Å²) in [6.07, 6.45) is 3.17. The van der Waals surface area contributed by atoms with E-state index in [0.717, 1.165) is 31.2 Å². The van der Waals surface area contributed by atoms with Crippen LogP contribution >= 0.6 is 46.1 Å². The zero-order chi connectivity index (χ0) is 15.6. The van der Waals surface area contributed by atoms with Gasteiger partial charge in [-0.3, -0.25) is 4.79 Å². The van der Waals surface area contributed by atoms with Crippen LogP contribution < -0.4 is 10.6 Å². The lowest BCUT2D eigenvalue weighted by molar-refractivity contribution is -0.119. The predicted molar refractivity (Wildman–Crippen MR) is 87.2 cm³/mol. The van der Waals surface area contributed by atoms with Crippen LogP contribution in [0.25, 0.3) is 0 Å². The molecule has 21 heavy (non-hydrogen) atoms. The number of thiophene rings is 1. The van der Waals surface area contributed by atoms with Gasteiger partial charge in [0.2, 0.25) is 9.70 Å². The molecule has 2 rings (SSSR count). The molecule has 1 aliphatic rings. The zero-order valence-electron chi connectivity index (χ0n) is 11.3. The standard InChI is InChI=1S/C13H14Cl3N3OS/c1-7(20)18-12(13(14,15)16)19-11-9(6-17)8-4-2-3-5-10(8)21-11/h12,19H,2-5H2,1H3,(H,18,20)/t12-/m0/s1. The second kappa shape index (κ2) is 6.62. The maximum atomic E-state index is 11.3. The molecule has 0 radical (unpaired) electrons. The first-order valence-electron chi connectivity index (χ1n) is 6.48. The topological polar surface area (TPSA) is 64.9 Å². The first kappa shape index (κ1) is 16.7. The maximum absolute atomic E-state index is 11.3. The van der Waals surface area contributed by atoms with Gasteiger partial charge >= 0.3 is 0 Å². The number of fused-ring (bicyclic) bond motifs is 1. The van der Waals surface area contributed by atoms with E-state index in [1.165, 1.54) is 23.1 Å². The summed E-state index contributed by atoms with van der Waals surface area (Å²) in [5, 5.41) is 15.6. The first-order chi connectivity index (χ1) is 9.82. The van der Waals surface area contributed by atoms with E-state index in [2.05, 4.69) is 16.7 Å². The molecule has 0 bridgehead atoms. The molecule has 1 aromatic heterocycles. The molecule has 4 nitrogen and oxygen atoms in total. The Hall–Kier alpha value is -0.670. The Morgan fingerprint density at radius 3 is 2.62 bits per heavy atom. The zero-order valence-corrected chi connectivity index (χ0v) is 14.4. The minimum atomic E-state index is -1.72. The van der Waals surface area contributed by atoms with Crippen LogP contribution in [0.5, 0.6) is 0 Å². The van der Waals surface area contributed by atoms with Gasteiger partial charge in [0.25, 0.3) is 0 Å². The van der Waals surface area contributed by atoms with Crippen molar-refractivity contribution in [3.63, 3.8) is 0 Å². The van der Waals surface area contributed by atoms with Crippen molar-refractivity contribution >= 4 is 57.0 Å². The number of hydrogen-bond donors (Lipinski definition) is 2. The molecule has 0 aromatic carbocycles.